The van der Waals surface area contributed by atoms with Crippen LogP contribution in [0.25, 0.3) is 0 Å². The largest absolute Gasteiger partial charge is 0.374 e. The van der Waals surface area contributed by atoms with E-state index in [0.29, 0.717) is 6.61 Å². The van der Waals surface area contributed by atoms with E-state index in [-0.39, 0.29) is 6.10 Å². The molecule has 1 aliphatic rings. The van der Waals surface area contributed by atoms with Gasteiger partial charge >= 0.3 is 0 Å². The SMILES string of the molecule is Clc1ccccc1CC1CN(c2cnccn2)CCO1. The third-order valence-corrected chi connectivity index (χ3v) is 3.79. The lowest BCUT2D eigenvalue weighted by Crippen LogP contribution is -2.43. The summed E-state index contributed by atoms with van der Waals surface area (Å²) >= 11 is 6.21. The zero-order valence-corrected chi connectivity index (χ0v) is 11.8. The highest BCUT2D eigenvalue weighted by atomic mass is 35.5. The number of hydrogen-bond donors (Lipinski definition) is 0. The topological polar surface area (TPSA) is 38.2 Å². The molecule has 1 saturated heterocycles. The van der Waals surface area contributed by atoms with Gasteiger partial charge in [0.25, 0.3) is 0 Å². The second kappa shape index (κ2) is 6.20. The molecule has 0 N–H and O–H groups in total. The second-order valence-corrected chi connectivity index (χ2v) is 5.21. The molecule has 1 aromatic heterocycles. The van der Waals surface area contributed by atoms with Crippen LogP contribution in [-0.2, 0) is 11.2 Å². The Labute approximate surface area is 123 Å². The molecule has 0 amide bonds. The first-order chi connectivity index (χ1) is 9.83. The first kappa shape index (κ1) is 13.3. The Hall–Kier alpha value is -1.65. The van der Waals surface area contributed by atoms with Crippen LogP contribution in [0.3, 0.4) is 0 Å². The second-order valence-electron chi connectivity index (χ2n) is 4.80. The van der Waals surface area contributed by atoms with Crippen LogP contribution in [0, 0.1) is 0 Å². The number of anilines is 1. The van der Waals surface area contributed by atoms with Gasteiger partial charge in [-0.2, -0.15) is 0 Å². The number of morpholine rings is 1. The average molecular weight is 290 g/mol. The Kier molecular flexibility index (Phi) is 4.14. The summed E-state index contributed by atoms with van der Waals surface area (Å²) in [6.07, 6.45) is 6.14. The monoisotopic (exact) mass is 289 g/mol. The molecule has 1 atom stereocenters. The summed E-state index contributed by atoms with van der Waals surface area (Å²) in [5.74, 6) is 0.903. The van der Waals surface area contributed by atoms with Gasteiger partial charge in [-0.1, -0.05) is 29.8 Å². The van der Waals surface area contributed by atoms with Crippen molar-refractivity contribution in [2.45, 2.75) is 12.5 Å². The van der Waals surface area contributed by atoms with Gasteiger partial charge < -0.3 is 9.64 Å². The Morgan fingerprint density at radius 2 is 2.20 bits per heavy atom. The zero-order valence-electron chi connectivity index (χ0n) is 11.1. The van der Waals surface area contributed by atoms with Crippen molar-refractivity contribution in [2.75, 3.05) is 24.6 Å². The van der Waals surface area contributed by atoms with Crippen LogP contribution in [0.4, 0.5) is 5.82 Å². The van der Waals surface area contributed by atoms with Crippen molar-refractivity contribution in [3.8, 4) is 0 Å². The Morgan fingerprint density at radius 1 is 1.30 bits per heavy atom. The molecule has 4 nitrogen and oxygen atoms in total. The third kappa shape index (κ3) is 3.08. The van der Waals surface area contributed by atoms with Crippen LogP contribution < -0.4 is 4.90 Å². The van der Waals surface area contributed by atoms with Crippen molar-refractivity contribution in [3.05, 3.63) is 53.4 Å². The summed E-state index contributed by atoms with van der Waals surface area (Å²) in [4.78, 5) is 10.7. The van der Waals surface area contributed by atoms with E-state index in [1.165, 1.54) is 0 Å². The predicted octanol–water partition coefficient (Wildman–Crippen LogP) is 2.58. The van der Waals surface area contributed by atoms with Crippen molar-refractivity contribution >= 4 is 17.4 Å². The molecule has 2 heterocycles. The Balaban J connectivity index is 1.68. The minimum absolute atomic E-state index is 0.130. The predicted molar refractivity (Wildman–Crippen MR) is 79.1 cm³/mol. The van der Waals surface area contributed by atoms with E-state index in [1.54, 1.807) is 18.6 Å². The van der Waals surface area contributed by atoms with Gasteiger partial charge in [0.1, 0.15) is 5.82 Å². The molecule has 5 heteroatoms. The molecular weight excluding hydrogens is 274 g/mol. The molecule has 0 saturated carbocycles. The molecule has 0 bridgehead atoms. The molecule has 1 unspecified atom stereocenters. The van der Waals surface area contributed by atoms with Crippen molar-refractivity contribution in [3.63, 3.8) is 0 Å². The van der Waals surface area contributed by atoms with Gasteiger partial charge in [-0.15, -0.1) is 0 Å². The summed E-state index contributed by atoms with van der Waals surface area (Å²) in [6, 6.07) is 7.91. The van der Waals surface area contributed by atoms with Crippen LogP contribution in [0.1, 0.15) is 5.56 Å². The summed E-state index contributed by atoms with van der Waals surface area (Å²) in [5, 5.41) is 0.799. The number of rotatable bonds is 3. The Morgan fingerprint density at radius 3 is 3.00 bits per heavy atom. The highest BCUT2D eigenvalue weighted by molar-refractivity contribution is 6.31. The van der Waals surface area contributed by atoms with E-state index in [2.05, 4.69) is 14.9 Å². The molecule has 3 rings (SSSR count). The Bertz CT molecular complexity index is 564. The van der Waals surface area contributed by atoms with Crippen LogP contribution in [0.5, 0.6) is 0 Å². The van der Waals surface area contributed by atoms with Crippen molar-refractivity contribution in [2.24, 2.45) is 0 Å². The van der Waals surface area contributed by atoms with Crippen LogP contribution in [-0.4, -0.2) is 35.8 Å². The summed E-state index contributed by atoms with van der Waals surface area (Å²) in [6.45, 7) is 2.35. The van der Waals surface area contributed by atoms with Crippen LogP contribution in [0.2, 0.25) is 5.02 Å². The molecule has 1 fully saturated rings. The lowest BCUT2D eigenvalue weighted by molar-refractivity contribution is 0.0408. The number of halogens is 1. The number of aromatic nitrogens is 2. The first-order valence-electron chi connectivity index (χ1n) is 6.69. The van der Waals surface area contributed by atoms with Gasteiger partial charge in [0.15, 0.2) is 0 Å². The maximum absolute atomic E-state index is 6.21. The molecule has 2 aromatic rings. The number of benzene rings is 1. The normalized spacial score (nSPS) is 19.1. The highest BCUT2D eigenvalue weighted by Gasteiger charge is 2.22. The first-order valence-corrected chi connectivity index (χ1v) is 7.06. The quantitative estimate of drug-likeness (QED) is 0.870. The lowest BCUT2D eigenvalue weighted by atomic mass is 10.1. The van der Waals surface area contributed by atoms with Gasteiger partial charge in [0.2, 0.25) is 0 Å². The zero-order chi connectivity index (χ0) is 13.8. The molecule has 1 aliphatic heterocycles. The van der Waals surface area contributed by atoms with E-state index in [1.807, 2.05) is 24.3 Å². The number of nitrogens with zero attached hydrogens (tertiary/aromatic N) is 3. The summed E-state index contributed by atoms with van der Waals surface area (Å²) < 4.78 is 5.84. The molecule has 0 aliphatic carbocycles. The average Bonchev–Trinajstić information content (AvgIpc) is 2.51. The van der Waals surface area contributed by atoms with E-state index < -0.39 is 0 Å². The fourth-order valence-corrected chi connectivity index (χ4v) is 2.63. The van der Waals surface area contributed by atoms with Crippen molar-refractivity contribution < 1.29 is 4.74 Å². The fraction of sp³-hybridized carbons (Fsp3) is 0.333. The van der Waals surface area contributed by atoms with E-state index in [0.717, 1.165) is 35.9 Å². The van der Waals surface area contributed by atoms with Gasteiger partial charge in [0.05, 0.1) is 18.9 Å². The maximum Gasteiger partial charge on any atom is 0.147 e. The summed E-state index contributed by atoms with van der Waals surface area (Å²) in [5.41, 5.74) is 1.13. The third-order valence-electron chi connectivity index (χ3n) is 3.42. The van der Waals surface area contributed by atoms with Crippen molar-refractivity contribution in [1.29, 1.82) is 0 Å². The van der Waals surface area contributed by atoms with E-state index in [4.69, 9.17) is 16.3 Å². The summed E-state index contributed by atoms with van der Waals surface area (Å²) in [7, 11) is 0. The molecule has 104 valence electrons. The molecule has 1 aromatic carbocycles. The molecular formula is C15H16ClN3O. The standard InChI is InChI=1S/C15H16ClN3O/c16-14-4-2-1-3-12(14)9-13-11-19(7-8-20-13)15-10-17-5-6-18-15/h1-6,10,13H,7-9,11H2. The number of hydrogen-bond acceptors (Lipinski definition) is 4. The smallest absolute Gasteiger partial charge is 0.147 e. The van der Waals surface area contributed by atoms with Gasteiger partial charge in [-0.3, -0.25) is 4.98 Å². The fourth-order valence-electron chi connectivity index (χ4n) is 2.41. The minimum atomic E-state index is 0.130. The minimum Gasteiger partial charge on any atom is -0.374 e. The lowest BCUT2D eigenvalue weighted by Gasteiger charge is -2.33. The molecule has 0 radical (unpaired) electrons. The van der Waals surface area contributed by atoms with E-state index in [9.17, 15) is 0 Å². The maximum atomic E-state index is 6.21. The molecule has 20 heavy (non-hydrogen) atoms. The van der Waals surface area contributed by atoms with Gasteiger partial charge in [0, 0.05) is 36.9 Å². The molecule has 0 spiro atoms. The highest BCUT2D eigenvalue weighted by Crippen LogP contribution is 2.21. The van der Waals surface area contributed by atoms with Crippen molar-refractivity contribution in [1.82, 2.24) is 9.97 Å². The van der Waals surface area contributed by atoms with Crippen LogP contribution >= 0.6 is 11.6 Å². The van der Waals surface area contributed by atoms with Crippen LogP contribution in [0.15, 0.2) is 42.9 Å². The number of ether oxygens (including phenoxy) is 1. The van der Waals surface area contributed by atoms with E-state index >= 15 is 0 Å². The van der Waals surface area contributed by atoms with Gasteiger partial charge in [-0.25, -0.2) is 4.98 Å². The van der Waals surface area contributed by atoms with Gasteiger partial charge in [-0.05, 0) is 11.6 Å².